The molecule has 0 aliphatic carbocycles. The van der Waals surface area contributed by atoms with E-state index in [1.165, 1.54) is 11.3 Å². The lowest BCUT2D eigenvalue weighted by Gasteiger charge is -1.97. The van der Waals surface area contributed by atoms with Gasteiger partial charge < -0.3 is 5.11 Å². The number of aliphatic hydroxyl groups excluding tert-OH is 1. The molecule has 0 aliphatic rings. The first-order valence-electron chi connectivity index (χ1n) is 4.43. The Labute approximate surface area is 96.4 Å². The summed E-state index contributed by atoms with van der Waals surface area (Å²) < 4.78 is 0. The van der Waals surface area contributed by atoms with Crippen molar-refractivity contribution in [1.82, 2.24) is 9.97 Å². The highest BCUT2D eigenvalue weighted by atomic mass is 35.5. The summed E-state index contributed by atoms with van der Waals surface area (Å²) in [5.74, 6) is 0. The molecule has 5 heteroatoms. The van der Waals surface area contributed by atoms with Crippen LogP contribution in [-0.4, -0.2) is 15.1 Å². The van der Waals surface area contributed by atoms with E-state index in [4.69, 9.17) is 11.6 Å². The monoisotopic (exact) mass is 240 g/mol. The lowest BCUT2D eigenvalue weighted by molar-refractivity contribution is 0.203. The fourth-order valence-corrected chi connectivity index (χ4v) is 2.48. The molecule has 0 fully saturated rings. The van der Waals surface area contributed by atoms with Crippen molar-refractivity contribution in [3.63, 3.8) is 0 Å². The Morgan fingerprint density at radius 1 is 1.53 bits per heavy atom. The molecular formula is C10H9ClN2OS. The molecule has 0 bridgehead atoms. The molecule has 0 unspecified atom stereocenters. The smallest absolute Gasteiger partial charge is 0.146 e. The SMILES string of the molecule is C[C@H](O)c1sc(-c2cccnc2)nc1Cl. The number of rotatable bonds is 2. The molecule has 0 amide bonds. The normalized spacial score (nSPS) is 12.7. The van der Waals surface area contributed by atoms with E-state index >= 15 is 0 Å². The predicted octanol–water partition coefficient (Wildman–Crippen LogP) is 2.91. The number of aliphatic hydroxyl groups is 1. The lowest BCUT2D eigenvalue weighted by Crippen LogP contribution is -1.85. The number of thiazole rings is 1. The quantitative estimate of drug-likeness (QED) is 0.878. The standard InChI is InChI=1S/C10H9ClN2OS/c1-6(14)8-9(11)13-10(15-8)7-3-2-4-12-5-7/h2-6,14H,1H3/t6-/m0/s1. The summed E-state index contributed by atoms with van der Waals surface area (Å²) in [5, 5.41) is 10.6. The minimum atomic E-state index is -0.583. The predicted molar refractivity (Wildman–Crippen MR) is 61.0 cm³/mol. The minimum Gasteiger partial charge on any atom is -0.388 e. The van der Waals surface area contributed by atoms with Crippen molar-refractivity contribution >= 4 is 22.9 Å². The third-order valence-electron chi connectivity index (χ3n) is 1.90. The van der Waals surface area contributed by atoms with Crippen molar-refractivity contribution in [2.75, 3.05) is 0 Å². The van der Waals surface area contributed by atoms with Crippen LogP contribution in [0.15, 0.2) is 24.5 Å². The lowest BCUT2D eigenvalue weighted by atomic mass is 10.3. The van der Waals surface area contributed by atoms with Gasteiger partial charge in [0, 0.05) is 18.0 Å². The van der Waals surface area contributed by atoms with Crippen molar-refractivity contribution in [1.29, 1.82) is 0 Å². The van der Waals surface area contributed by atoms with Crippen LogP contribution in [-0.2, 0) is 0 Å². The maximum absolute atomic E-state index is 9.44. The highest BCUT2D eigenvalue weighted by molar-refractivity contribution is 7.15. The second kappa shape index (κ2) is 4.26. The molecule has 0 spiro atoms. The Bertz CT molecular complexity index is 456. The maximum atomic E-state index is 9.44. The summed E-state index contributed by atoms with van der Waals surface area (Å²) in [4.78, 5) is 8.88. The molecule has 3 nitrogen and oxygen atoms in total. The Balaban J connectivity index is 2.43. The summed E-state index contributed by atoms with van der Waals surface area (Å²) in [5.41, 5.74) is 0.913. The summed E-state index contributed by atoms with van der Waals surface area (Å²) in [6.07, 6.45) is 2.84. The second-order valence-corrected chi connectivity index (χ2v) is 4.48. The van der Waals surface area contributed by atoms with Gasteiger partial charge in [0.05, 0.1) is 11.0 Å². The fraction of sp³-hybridized carbons (Fsp3) is 0.200. The van der Waals surface area contributed by atoms with Crippen LogP contribution >= 0.6 is 22.9 Å². The van der Waals surface area contributed by atoms with E-state index in [1.54, 1.807) is 19.3 Å². The Morgan fingerprint density at radius 2 is 2.33 bits per heavy atom. The number of hydrogen-bond donors (Lipinski definition) is 1. The summed E-state index contributed by atoms with van der Waals surface area (Å²) in [7, 11) is 0. The molecule has 0 saturated heterocycles. The molecule has 2 rings (SSSR count). The summed E-state index contributed by atoms with van der Waals surface area (Å²) in [6.45, 7) is 1.67. The van der Waals surface area contributed by atoms with Crippen LogP contribution in [0.2, 0.25) is 5.15 Å². The molecule has 2 heterocycles. The summed E-state index contributed by atoms with van der Waals surface area (Å²) >= 11 is 7.30. The second-order valence-electron chi connectivity index (χ2n) is 3.09. The van der Waals surface area contributed by atoms with Gasteiger partial charge in [-0.2, -0.15) is 0 Å². The van der Waals surface area contributed by atoms with Crippen molar-refractivity contribution < 1.29 is 5.11 Å². The van der Waals surface area contributed by atoms with E-state index in [0.717, 1.165) is 10.6 Å². The van der Waals surface area contributed by atoms with Gasteiger partial charge in [-0.15, -0.1) is 11.3 Å². The largest absolute Gasteiger partial charge is 0.388 e. The molecule has 2 aromatic rings. The maximum Gasteiger partial charge on any atom is 0.146 e. The van der Waals surface area contributed by atoms with Crippen molar-refractivity contribution in [3.05, 3.63) is 34.6 Å². The zero-order valence-corrected chi connectivity index (χ0v) is 9.59. The van der Waals surface area contributed by atoms with Gasteiger partial charge in [-0.1, -0.05) is 11.6 Å². The van der Waals surface area contributed by atoms with Crippen molar-refractivity contribution in [2.45, 2.75) is 13.0 Å². The van der Waals surface area contributed by atoms with Crippen LogP contribution in [0.5, 0.6) is 0 Å². The number of nitrogens with zero attached hydrogens (tertiary/aromatic N) is 2. The van der Waals surface area contributed by atoms with Crippen LogP contribution in [0.4, 0.5) is 0 Å². The van der Waals surface area contributed by atoms with Gasteiger partial charge in [0.15, 0.2) is 0 Å². The van der Waals surface area contributed by atoms with Crippen LogP contribution in [0.3, 0.4) is 0 Å². The number of halogens is 1. The average Bonchev–Trinajstić information content (AvgIpc) is 2.62. The Hall–Kier alpha value is -0.970. The van der Waals surface area contributed by atoms with Crippen molar-refractivity contribution in [2.24, 2.45) is 0 Å². The molecule has 1 atom stereocenters. The van der Waals surface area contributed by atoms with Gasteiger partial charge in [-0.3, -0.25) is 4.98 Å². The summed E-state index contributed by atoms with van der Waals surface area (Å²) in [6, 6.07) is 3.75. The zero-order chi connectivity index (χ0) is 10.8. The fourth-order valence-electron chi connectivity index (χ4n) is 1.18. The molecule has 15 heavy (non-hydrogen) atoms. The number of aromatic nitrogens is 2. The molecule has 78 valence electrons. The molecule has 0 saturated carbocycles. The number of pyridine rings is 1. The van der Waals surface area contributed by atoms with E-state index in [9.17, 15) is 5.11 Å². The van der Waals surface area contributed by atoms with Gasteiger partial charge in [0.25, 0.3) is 0 Å². The number of hydrogen-bond acceptors (Lipinski definition) is 4. The zero-order valence-electron chi connectivity index (χ0n) is 8.01. The van der Waals surface area contributed by atoms with Crippen LogP contribution < -0.4 is 0 Å². The average molecular weight is 241 g/mol. The van der Waals surface area contributed by atoms with Crippen molar-refractivity contribution in [3.8, 4) is 10.6 Å². The topological polar surface area (TPSA) is 46.0 Å². The Morgan fingerprint density at radius 3 is 2.87 bits per heavy atom. The van der Waals surface area contributed by atoms with Gasteiger partial charge in [-0.25, -0.2) is 4.98 Å². The minimum absolute atomic E-state index is 0.369. The van der Waals surface area contributed by atoms with Crippen LogP contribution in [0, 0.1) is 0 Å². The molecule has 0 aliphatic heterocycles. The van der Waals surface area contributed by atoms with Gasteiger partial charge in [-0.05, 0) is 19.1 Å². The van der Waals surface area contributed by atoms with E-state index in [1.807, 2.05) is 12.1 Å². The molecular weight excluding hydrogens is 232 g/mol. The third-order valence-corrected chi connectivity index (χ3v) is 3.57. The van der Waals surface area contributed by atoms with E-state index in [2.05, 4.69) is 9.97 Å². The molecule has 0 aromatic carbocycles. The molecule has 2 aromatic heterocycles. The molecule has 1 N–H and O–H groups in total. The van der Waals surface area contributed by atoms with E-state index in [0.29, 0.717) is 10.0 Å². The Kier molecular flexibility index (Phi) is 3.00. The first-order chi connectivity index (χ1) is 7.18. The van der Waals surface area contributed by atoms with Gasteiger partial charge >= 0.3 is 0 Å². The molecule has 0 radical (unpaired) electrons. The van der Waals surface area contributed by atoms with Gasteiger partial charge in [0.2, 0.25) is 0 Å². The highest BCUT2D eigenvalue weighted by Crippen LogP contribution is 2.34. The van der Waals surface area contributed by atoms with E-state index in [-0.39, 0.29) is 0 Å². The first kappa shape index (κ1) is 10.5. The first-order valence-corrected chi connectivity index (χ1v) is 5.62. The highest BCUT2D eigenvalue weighted by Gasteiger charge is 2.14. The van der Waals surface area contributed by atoms with Crippen LogP contribution in [0.1, 0.15) is 17.9 Å². The van der Waals surface area contributed by atoms with E-state index < -0.39 is 6.10 Å². The van der Waals surface area contributed by atoms with Gasteiger partial charge in [0.1, 0.15) is 10.2 Å². The van der Waals surface area contributed by atoms with Crippen LogP contribution in [0.25, 0.3) is 10.6 Å². The third kappa shape index (κ3) is 2.17.